The van der Waals surface area contributed by atoms with Crippen LogP contribution in [0.25, 0.3) is 0 Å². The molecule has 0 saturated carbocycles. The molecule has 0 bridgehead atoms. The number of nitrogens with one attached hydrogen (secondary N) is 2. The van der Waals surface area contributed by atoms with Crippen LogP contribution in [0, 0.1) is 5.92 Å². The highest BCUT2D eigenvalue weighted by atomic mass is 35.5. The summed E-state index contributed by atoms with van der Waals surface area (Å²) >= 11 is 6.15. The van der Waals surface area contributed by atoms with E-state index in [-0.39, 0.29) is 31.8 Å². The summed E-state index contributed by atoms with van der Waals surface area (Å²) < 4.78 is 25.3. The highest BCUT2D eigenvalue weighted by molar-refractivity contribution is 7.91. The molecule has 26 heavy (non-hydrogen) atoms. The first-order valence-electron chi connectivity index (χ1n) is 8.13. The van der Waals surface area contributed by atoms with E-state index in [1.807, 2.05) is 0 Å². The van der Waals surface area contributed by atoms with Crippen molar-refractivity contribution in [1.29, 1.82) is 0 Å². The van der Waals surface area contributed by atoms with Gasteiger partial charge in [0.15, 0.2) is 9.84 Å². The quantitative estimate of drug-likeness (QED) is 0.702. The van der Waals surface area contributed by atoms with Gasteiger partial charge in [0.25, 0.3) is 0 Å². The summed E-state index contributed by atoms with van der Waals surface area (Å²) in [6.07, 6.45) is 0.193. The molecule has 2 fully saturated rings. The Hall–Kier alpha value is -2.13. The summed E-state index contributed by atoms with van der Waals surface area (Å²) in [5.41, 5.74) is 0.520. The van der Waals surface area contributed by atoms with Gasteiger partial charge in [0, 0.05) is 24.7 Å². The Morgan fingerprint density at radius 3 is 2.62 bits per heavy atom. The van der Waals surface area contributed by atoms with Crippen LogP contribution in [0.5, 0.6) is 0 Å². The summed E-state index contributed by atoms with van der Waals surface area (Å²) in [5.74, 6) is -2.42. The number of imide groups is 1. The van der Waals surface area contributed by atoms with Crippen LogP contribution in [0.2, 0.25) is 5.02 Å². The van der Waals surface area contributed by atoms with E-state index < -0.39 is 38.9 Å². The van der Waals surface area contributed by atoms with E-state index in [9.17, 15) is 22.8 Å². The largest absolute Gasteiger partial charge is 0.341 e. The molecule has 8 nitrogen and oxygen atoms in total. The van der Waals surface area contributed by atoms with E-state index >= 15 is 0 Å². The number of hydrogen-bond acceptors (Lipinski definition) is 5. The monoisotopic (exact) mass is 399 g/mol. The number of nitrogens with zero attached hydrogens (tertiary/aromatic N) is 1. The molecule has 3 rings (SSSR count). The van der Waals surface area contributed by atoms with Crippen molar-refractivity contribution in [3.05, 3.63) is 34.9 Å². The average Bonchev–Trinajstić information content (AvgIpc) is 2.73. The average molecular weight is 400 g/mol. The number of amides is 4. The van der Waals surface area contributed by atoms with Gasteiger partial charge in [0.05, 0.1) is 11.0 Å². The molecular weight excluding hydrogens is 382 g/mol. The van der Waals surface area contributed by atoms with Crippen molar-refractivity contribution >= 4 is 39.3 Å². The molecule has 0 aromatic heterocycles. The van der Waals surface area contributed by atoms with Crippen LogP contribution in [0.1, 0.15) is 17.2 Å². The molecule has 1 aromatic carbocycles. The van der Waals surface area contributed by atoms with Gasteiger partial charge in [0.1, 0.15) is 5.92 Å². The minimum absolute atomic E-state index is 0.000153. The standard InChI is InChI=1S/C16H18ClN3O5S/c17-12-4-2-1-3-10(12)13-5-6-20(7-8-26(13,24)25)15(22)11-9-18-16(23)19-14(11)21/h1-4,11,13H,5-9H2,(H2,18,19,21,23). The Balaban J connectivity index is 1.78. The molecule has 0 radical (unpaired) electrons. The maximum absolute atomic E-state index is 12.7. The fourth-order valence-corrected chi connectivity index (χ4v) is 5.35. The molecular formula is C16H18ClN3O5S. The van der Waals surface area contributed by atoms with E-state index in [0.29, 0.717) is 10.6 Å². The lowest BCUT2D eigenvalue weighted by atomic mass is 10.0. The Labute approximate surface area is 155 Å². The molecule has 140 valence electrons. The van der Waals surface area contributed by atoms with Crippen molar-refractivity contribution in [1.82, 2.24) is 15.5 Å². The third-order valence-corrected chi connectivity index (χ3v) is 7.07. The number of urea groups is 1. The van der Waals surface area contributed by atoms with Crippen LogP contribution in [-0.4, -0.2) is 56.6 Å². The van der Waals surface area contributed by atoms with E-state index in [1.165, 1.54) is 4.90 Å². The lowest BCUT2D eigenvalue weighted by Gasteiger charge is -2.27. The Morgan fingerprint density at radius 2 is 1.92 bits per heavy atom. The van der Waals surface area contributed by atoms with Crippen molar-refractivity contribution in [2.75, 3.05) is 25.4 Å². The maximum Gasteiger partial charge on any atom is 0.321 e. The van der Waals surface area contributed by atoms with Crippen LogP contribution < -0.4 is 10.6 Å². The number of sulfone groups is 1. The highest BCUT2D eigenvalue weighted by Crippen LogP contribution is 2.34. The molecule has 2 heterocycles. The minimum Gasteiger partial charge on any atom is -0.341 e. The first-order chi connectivity index (χ1) is 12.3. The summed E-state index contributed by atoms with van der Waals surface area (Å²) in [6.45, 7) is 0.0895. The number of carbonyl (C=O) groups is 3. The molecule has 2 unspecified atom stereocenters. The zero-order valence-electron chi connectivity index (χ0n) is 13.8. The third-order valence-electron chi connectivity index (χ3n) is 4.62. The normalized spacial score (nSPS) is 25.8. The van der Waals surface area contributed by atoms with Crippen LogP contribution in [0.15, 0.2) is 24.3 Å². The zero-order valence-corrected chi connectivity index (χ0v) is 15.3. The summed E-state index contributed by atoms with van der Waals surface area (Å²) in [5, 5.41) is 4.03. The molecule has 2 saturated heterocycles. The smallest absolute Gasteiger partial charge is 0.321 e. The molecule has 4 amide bonds. The van der Waals surface area contributed by atoms with Gasteiger partial charge in [-0.05, 0) is 18.1 Å². The van der Waals surface area contributed by atoms with Crippen LogP contribution in [0.3, 0.4) is 0 Å². The molecule has 2 atom stereocenters. The molecule has 1 aromatic rings. The van der Waals surface area contributed by atoms with Gasteiger partial charge in [0.2, 0.25) is 11.8 Å². The Morgan fingerprint density at radius 1 is 1.19 bits per heavy atom. The second-order valence-corrected chi connectivity index (χ2v) is 8.95. The molecule has 2 aliphatic heterocycles. The Bertz CT molecular complexity index is 857. The SMILES string of the molecule is O=C1NCC(C(=O)N2CCC(c3ccccc3Cl)S(=O)(=O)CC2)C(=O)N1. The number of hydrogen-bond donors (Lipinski definition) is 2. The second kappa shape index (κ2) is 7.24. The van der Waals surface area contributed by atoms with Gasteiger partial charge in [-0.2, -0.15) is 0 Å². The van der Waals surface area contributed by atoms with E-state index in [1.54, 1.807) is 24.3 Å². The van der Waals surface area contributed by atoms with Crippen molar-refractivity contribution in [3.63, 3.8) is 0 Å². The van der Waals surface area contributed by atoms with E-state index in [0.717, 1.165) is 0 Å². The lowest BCUT2D eigenvalue weighted by molar-refractivity contribution is -0.141. The minimum atomic E-state index is -3.50. The molecule has 10 heteroatoms. The van der Waals surface area contributed by atoms with Crippen LogP contribution >= 0.6 is 11.6 Å². The van der Waals surface area contributed by atoms with E-state index in [4.69, 9.17) is 11.6 Å². The molecule has 2 N–H and O–H groups in total. The highest BCUT2D eigenvalue weighted by Gasteiger charge is 2.39. The van der Waals surface area contributed by atoms with Gasteiger partial charge in [-0.25, -0.2) is 13.2 Å². The zero-order chi connectivity index (χ0) is 18.9. The van der Waals surface area contributed by atoms with Crippen molar-refractivity contribution in [2.24, 2.45) is 5.92 Å². The molecule has 0 spiro atoms. The van der Waals surface area contributed by atoms with Crippen molar-refractivity contribution < 1.29 is 22.8 Å². The van der Waals surface area contributed by atoms with E-state index in [2.05, 4.69) is 10.6 Å². The first kappa shape index (κ1) is 18.7. The molecule has 0 aliphatic carbocycles. The number of benzene rings is 1. The third kappa shape index (κ3) is 3.68. The predicted octanol–water partition coefficient (Wildman–Crippen LogP) is 0.484. The van der Waals surface area contributed by atoms with Gasteiger partial charge in [-0.1, -0.05) is 29.8 Å². The number of rotatable bonds is 2. The van der Waals surface area contributed by atoms with Crippen LogP contribution in [-0.2, 0) is 19.4 Å². The Kier molecular flexibility index (Phi) is 5.19. The second-order valence-electron chi connectivity index (χ2n) is 6.24. The lowest BCUT2D eigenvalue weighted by Crippen LogP contribution is -2.57. The summed E-state index contributed by atoms with van der Waals surface area (Å²) in [7, 11) is -3.50. The van der Waals surface area contributed by atoms with Gasteiger partial charge < -0.3 is 10.2 Å². The van der Waals surface area contributed by atoms with Gasteiger partial charge in [-0.3, -0.25) is 14.9 Å². The van der Waals surface area contributed by atoms with Crippen molar-refractivity contribution in [3.8, 4) is 0 Å². The van der Waals surface area contributed by atoms with Crippen molar-refractivity contribution in [2.45, 2.75) is 11.7 Å². The van der Waals surface area contributed by atoms with Gasteiger partial charge in [-0.15, -0.1) is 0 Å². The summed E-state index contributed by atoms with van der Waals surface area (Å²) in [6, 6.07) is 6.11. The summed E-state index contributed by atoms with van der Waals surface area (Å²) in [4.78, 5) is 37.0. The molecule has 2 aliphatic rings. The predicted molar refractivity (Wildman–Crippen MR) is 94.2 cm³/mol. The fraction of sp³-hybridized carbons (Fsp3) is 0.438. The van der Waals surface area contributed by atoms with Gasteiger partial charge >= 0.3 is 6.03 Å². The number of carbonyl (C=O) groups excluding carboxylic acids is 3. The fourth-order valence-electron chi connectivity index (χ4n) is 3.20. The first-order valence-corrected chi connectivity index (χ1v) is 10.2. The number of halogens is 1. The topological polar surface area (TPSA) is 113 Å². The maximum atomic E-state index is 12.7. The van der Waals surface area contributed by atoms with Crippen LogP contribution in [0.4, 0.5) is 4.79 Å².